The maximum atomic E-state index is 12.9. The fraction of sp³-hybridized carbons (Fsp3) is 0.333. The summed E-state index contributed by atoms with van der Waals surface area (Å²) in [4.78, 5) is 21.8. The highest BCUT2D eigenvalue weighted by molar-refractivity contribution is 6.09. The van der Waals surface area contributed by atoms with Gasteiger partial charge in [-0.1, -0.05) is 18.6 Å². The molecule has 1 aliphatic carbocycles. The summed E-state index contributed by atoms with van der Waals surface area (Å²) in [5, 5.41) is 10.4. The van der Waals surface area contributed by atoms with Crippen LogP contribution in [0.15, 0.2) is 60.1 Å². The third-order valence-electron chi connectivity index (χ3n) is 6.20. The van der Waals surface area contributed by atoms with Gasteiger partial charge in [-0.25, -0.2) is 4.98 Å². The minimum atomic E-state index is -0.390. The number of fused-ring (bicyclic) bond motifs is 1. The van der Waals surface area contributed by atoms with Gasteiger partial charge in [0, 0.05) is 11.3 Å². The quantitative estimate of drug-likeness (QED) is 0.628. The molecule has 3 aromatic rings. The zero-order valence-corrected chi connectivity index (χ0v) is 17.0. The molecule has 0 radical (unpaired) electrons. The summed E-state index contributed by atoms with van der Waals surface area (Å²) in [6.07, 6.45) is 7.89. The van der Waals surface area contributed by atoms with Crippen LogP contribution in [-0.4, -0.2) is 27.1 Å². The van der Waals surface area contributed by atoms with Gasteiger partial charge in [0.05, 0.1) is 29.5 Å². The van der Waals surface area contributed by atoms with E-state index in [1.165, 1.54) is 19.3 Å². The van der Waals surface area contributed by atoms with Gasteiger partial charge in [0.2, 0.25) is 0 Å². The number of imidazole rings is 1. The second kappa shape index (κ2) is 7.52. The minimum absolute atomic E-state index is 0.188. The molecule has 0 spiro atoms. The SMILES string of the molecule is CC1=C(O)C(=O)N(c2ccc3nc[nH]c3c2)C1c1ccc(OC2CCCCC2)cc1. The van der Waals surface area contributed by atoms with E-state index >= 15 is 0 Å². The molecule has 30 heavy (non-hydrogen) atoms. The molecule has 2 N–H and O–H groups in total. The number of aromatic amines is 1. The van der Waals surface area contributed by atoms with Crippen LogP contribution in [0.4, 0.5) is 5.69 Å². The lowest BCUT2D eigenvalue weighted by Gasteiger charge is -2.27. The summed E-state index contributed by atoms with van der Waals surface area (Å²) in [6.45, 7) is 1.80. The van der Waals surface area contributed by atoms with E-state index in [0.717, 1.165) is 35.2 Å². The van der Waals surface area contributed by atoms with E-state index in [0.29, 0.717) is 17.4 Å². The number of carbonyl (C=O) groups excluding carboxylic acids is 1. The molecule has 1 aromatic heterocycles. The zero-order valence-electron chi connectivity index (χ0n) is 17.0. The molecule has 1 amide bonds. The second-order valence-electron chi connectivity index (χ2n) is 8.16. The van der Waals surface area contributed by atoms with Crippen molar-refractivity contribution in [3.05, 3.63) is 65.7 Å². The minimum Gasteiger partial charge on any atom is -0.503 e. The summed E-state index contributed by atoms with van der Waals surface area (Å²) >= 11 is 0. The van der Waals surface area contributed by atoms with E-state index in [2.05, 4.69) is 9.97 Å². The Kier molecular flexibility index (Phi) is 4.69. The number of anilines is 1. The van der Waals surface area contributed by atoms with Crippen LogP contribution in [0.25, 0.3) is 11.0 Å². The Labute approximate surface area is 175 Å². The van der Waals surface area contributed by atoms with Crippen LogP contribution in [0.2, 0.25) is 0 Å². The highest BCUT2D eigenvalue weighted by atomic mass is 16.5. The van der Waals surface area contributed by atoms with Crippen molar-refractivity contribution >= 4 is 22.6 Å². The molecule has 1 fully saturated rings. The van der Waals surface area contributed by atoms with Gasteiger partial charge in [-0.3, -0.25) is 9.69 Å². The first-order valence-electron chi connectivity index (χ1n) is 10.5. The third kappa shape index (κ3) is 3.22. The van der Waals surface area contributed by atoms with Crippen LogP contribution in [0, 0.1) is 0 Å². The van der Waals surface area contributed by atoms with Gasteiger partial charge >= 0.3 is 0 Å². The number of benzene rings is 2. The van der Waals surface area contributed by atoms with Crippen LogP contribution in [0.5, 0.6) is 5.75 Å². The summed E-state index contributed by atoms with van der Waals surface area (Å²) in [6, 6.07) is 13.2. The maximum absolute atomic E-state index is 12.9. The molecule has 0 bridgehead atoms. The smallest absolute Gasteiger partial charge is 0.293 e. The lowest BCUT2D eigenvalue weighted by atomic mass is 9.97. The zero-order chi connectivity index (χ0) is 20.7. The monoisotopic (exact) mass is 403 g/mol. The number of hydrogen-bond acceptors (Lipinski definition) is 4. The highest BCUT2D eigenvalue weighted by Gasteiger charge is 2.39. The predicted octanol–water partition coefficient (Wildman–Crippen LogP) is 5.19. The van der Waals surface area contributed by atoms with Crippen molar-refractivity contribution < 1.29 is 14.6 Å². The first-order valence-corrected chi connectivity index (χ1v) is 10.5. The van der Waals surface area contributed by atoms with Crippen LogP contribution in [0.3, 0.4) is 0 Å². The molecule has 6 nitrogen and oxygen atoms in total. The molecule has 0 saturated heterocycles. The van der Waals surface area contributed by atoms with Gasteiger partial charge in [-0.05, 0) is 68.5 Å². The lowest BCUT2D eigenvalue weighted by molar-refractivity contribution is -0.117. The number of carbonyl (C=O) groups is 1. The Bertz CT molecular complexity index is 1110. The van der Waals surface area contributed by atoms with Gasteiger partial charge in [0.15, 0.2) is 5.76 Å². The molecule has 1 atom stereocenters. The standard InChI is InChI=1S/C24H25N3O3/c1-15-22(16-7-10-19(11-8-16)30-18-5-3-2-4-6-18)27(24(29)23(15)28)17-9-12-20-21(13-17)26-14-25-20/h7-14,18,22,28H,2-6H2,1H3,(H,25,26). The van der Waals surface area contributed by atoms with Gasteiger partial charge in [0.25, 0.3) is 5.91 Å². The number of hydrogen-bond donors (Lipinski definition) is 2. The molecule has 6 heteroatoms. The number of nitrogens with zero attached hydrogens (tertiary/aromatic N) is 2. The summed E-state index contributed by atoms with van der Waals surface area (Å²) < 4.78 is 6.14. The fourth-order valence-corrected chi connectivity index (χ4v) is 4.57. The first-order chi connectivity index (χ1) is 14.6. The van der Waals surface area contributed by atoms with Gasteiger partial charge in [-0.2, -0.15) is 0 Å². The van der Waals surface area contributed by atoms with Crippen LogP contribution in [-0.2, 0) is 4.79 Å². The van der Waals surface area contributed by atoms with Gasteiger partial charge in [0.1, 0.15) is 5.75 Å². The van der Waals surface area contributed by atoms with E-state index in [9.17, 15) is 9.90 Å². The molecule has 5 rings (SSSR count). The molecular formula is C24H25N3O3. The molecule has 1 aliphatic heterocycles. The highest BCUT2D eigenvalue weighted by Crippen LogP contribution is 2.41. The van der Waals surface area contributed by atoms with Crippen molar-refractivity contribution in [2.24, 2.45) is 0 Å². The largest absolute Gasteiger partial charge is 0.503 e. The lowest BCUT2D eigenvalue weighted by Crippen LogP contribution is -2.30. The first kappa shape index (κ1) is 18.7. The van der Waals surface area contributed by atoms with Crippen LogP contribution >= 0.6 is 0 Å². The summed E-state index contributed by atoms with van der Waals surface area (Å²) in [5.41, 5.74) is 3.98. The summed E-state index contributed by atoms with van der Waals surface area (Å²) in [5.74, 6) is 0.275. The number of aromatic nitrogens is 2. The number of amides is 1. The number of H-pyrrole nitrogens is 1. The number of ether oxygens (including phenoxy) is 1. The van der Waals surface area contributed by atoms with E-state index in [1.54, 1.807) is 18.2 Å². The molecule has 1 saturated carbocycles. The Balaban J connectivity index is 1.44. The van der Waals surface area contributed by atoms with Crippen molar-refractivity contribution in [2.75, 3.05) is 4.90 Å². The molecule has 2 aliphatic rings. The average molecular weight is 403 g/mol. The second-order valence-corrected chi connectivity index (χ2v) is 8.16. The Morgan fingerprint density at radius 2 is 1.87 bits per heavy atom. The number of aliphatic hydroxyl groups excluding tert-OH is 1. The van der Waals surface area contributed by atoms with Crippen molar-refractivity contribution in [2.45, 2.75) is 51.2 Å². The Morgan fingerprint density at radius 3 is 2.63 bits per heavy atom. The predicted molar refractivity (Wildman–Crippen MR) is 116 cm³/mol. The number of rotatable bonds is 4. The van der Waals surface area contributed by atoms with E-state index in [4.69, 9.17) is 4.74 Å². The number of aliphatic hydroxyl groups is 1. The van der Waals surface area contributed by atoms with Crippen molar-refractivity contribution in [1.82, 2.24) is 9.97 Å². The molecule has 2 heterocycles. The summed E-state index contributed by atoms with van der Waals surface area (Å²) in [7, 11) is 0. The Hall–Kier alpha value is -3.28. The van der Waals surface area contributed by atoms with Gasteiger partial charge in [-0.15, -0.1) is 0 Å². The van der Waals surface area contributed by atoms with Crippen molar-refractivity contribution in [3.8, 4) is 5.75 Å². The van der Waals surface area contributed by atoms with E-state index in [1.807, 2.05) is 42.5 Å². The average Bonchev–Trinajstić information content (AvgIpc) is 3.33. The van der Waals surface area contributed by atoms with E-state index in [-0.39, 0.29) is 17.7 Å². The topological polar surface area (TPSA) is 78.5 Å². The fourth-order valence-electron chi connectivity index (χ4n) is 4.57. The normalized spacial score (nSPS) is 20.4. The van der Waals surface area contributed by atoms with Gasteiger partial charge < -0.3 is 14.8 Å². The van der Waals surface area contributed by atoms with Crippen LogP contribution in [0.1, 0.15) is 50.6 Å². The number of nitrogens with one attached hydrogen (secondary N) is 1. The van der Waals surface area contributed by atoms with Crippen LogP contribution < -0.4 is 9.64 Å². The molecule has 2 aromatic carbocycles. The third-order valence-corrected chi connectivity index (χ3v) is 6.20. The molecule has 1 unspecified atom stereocenters. The Morgan fingerprint density at radius 1 is 1.10 bits per heavy atom. The van der Waals surface area contributed by atoms with Crippen molar-refractivity contribution in [3.63, 3.8) is 0 Å². The van der Waals surface area contributed by atoms with E-state index < -0.39 is 0 Å². The molecule has 154 valence electrons. The maximum Gasteiger partial charge on any atom is 0.293 e. The van der Waals surface area contributed by atoms with Crippen molar-refractivity contribution in [1.29, 1.82) is 0 Å². The molecular weight excluding hydrogens is 378 g/mol.